The second-order valence-corrected chi connectivity index (χ2v) is 4.94. The van der Waals surface area contributed by atoms with Gasteiger partial charge in [0.25, 0.3) is 0 Å². The van der Waals surface area contributed by atoms with Gasteiger partial charge in [-0.25, -0.2) is 4.98 Å². The Morgan fingerprint density at radius 3 is 2.75 bits per heavy atom. The molecule has 0 saturated carbocycles. The van der Waals surface area contributed by atoms with Gasteiger partial charge in [-0.2, -0.15) is 0 Å². The van der Waals surface area contributed by atoms with E-state index in [0.717, 1.165) is 29.8 Å². The molecule has 0 radical (unpaired) electrons. The predicted octanol–water partition coefficient (Wildman–Crippen LogP) is 4.24. The van der Waals surface area contributed by atoms with Gasteiger partial charge in [0.05, 0.1) is 0 Å². The van der Waals surface area contributed by atoms with Crippen LogP contribution in [0.5, 0.6) is 11.6 Å². The minimum Gasteiger partial charge on any atom is -0.438 e. The maximum absolute atomic E-state index is 5.99. The largest absolute Gasteiger partial charge is 0.438 e. The maximum atomic E-state index is 5.99. The van der Waals surface area contributed by atoms with Gasteiger partial charge in [0.1, 0.15) is 5.75 Å². The summed E-state index contributed by atoms with van der Waals surface area (Å²) in [6, 6.07) is 12.2. The van der Waals surface area contributed by atoms with Gasteiger partial charge in [-0.3, -0.25) is 0 Å². The average Bonchev–Trinajstić information content (AvgIpc) is 2.48. The lowest BCUT2D eigenvalue weighted by molar-refractivity contribution is 0.439. The minimum absolute atomic E-state index is 0.225. The van der Waals surface area contributed by atoms with Crippen LogP contribution in [0.1, 0.15) is 37.4 Å². The fraction of sp³-hybridized carbons (Fsp3) is 0.353. The van der Waals surface area contributed by atoms with Gasteiger partial charge in [-0.15, -0.1) is 0 Å². The molecule has 2 aromatic rings. The number of aryl methyl sites for hydroxylation is 1. The van der Waals surface area contributed by atoms with Crippen LogP contribution < -0.4 is 10.1 Å². The highest BCUT2D eigenvalue weighted by molar-refractivity contribution is 5.38. The number of nitrogens with zero attached hydrogens (tertiary/aromatic N) is 1. The highest BCUT2D eigenvalue weighted by Gasteiger charge is 2.13. The van der Waals surface area contributed by atoms with Gasteiger partial charge in [0.15, 0.2) is 0 Å². The highest BCUT2D eigenvalue weighted by Crippen LogP contribution is 2.28. The molecule has 0 aliphatic heterocycles. The summed E-state index contributed by atoms with van der Waals surface area (Å²) in [6.45, 7) is 7.32. The molecule has 0 spiro atoms. The van der Waals surface area contributed by atoms with Crippen LogP contribution >= 0.6 is 0 Å². The Morgan fingerprint density at radius 1 is 1.20 bits per heavy atom. The van der Waals surface area contributed by atoms with Gasteiger partial charge in [-0.1, -0.05) is 31.2 Å². The summed E-state index contributed by atoms with van der Waals surface area (Å²) in [5.74, 6) is 1.54. The summed E-state index contributed by atoms with van der Waals surface area (Å²) >= 11 is 0. The smallest absolute Gasteiger partial charge is 0.223 e. The van der Waals surface area contributed by atoms with E-state index >= 15 is 0 Å². The summed E-state index contributed by atoms with van der Waals surface area (Å²) < 4.78 is 5.99. The number of aromatic nitrogens is 1. The van der Waals surface area contributed by atoms with Crippen molar-refractivity contribution in [3.63, 3.8) is 0 Å². The first-order valence-electron chi connectivity index (χ1n) is 7.14. The Labute approximate surface area is 121 Å². The molecule has 1 aromatic heterocycles. The van der Waals surface area contributed by atoms with Crippen molar-refractivity contribution in [1.29, 1.82) is 0 Å². The molecule has 1 N–H and O–H groups in total. The van der Waals surface area contributed by atoms with E-state index in [1.807, 2.05) is 37.3 Å². The first-order chi connectivity index (χ1) is 9.72. The molecule has 20 heavy (non-hydrogen) atoms. The van der Waals surface area contributed by atoms with Gasteiger partial charge in [0, 0.05) is 17.8 Å². The standard InChI is InChI=1S/C17H22N2O/c1-4-11-18-14(3)15-9-7-12-19-17(15)20-16-10-6-5-8-13(16)2/h5-10,12,14,18H,4,11H2,1-3H3. The van der Waals surface area contributed by atoms with Crippen molar-refractivity contribution in [3.05, 3.63) is 53.7 Å². The third-order valence-corrected chi connectivity index (χ3v) is 3.27. The fourth-order valence-electron chi connectivity index (χ4n) is 2.06. The minimum atomic E-state index is 0.225. The van der Waals surface area contributed by atoms with Crippen LogP contribution in [0.15, 0.2) is 42.6 Å². The third-order valence-electron chi connectivity index (χ3n) is 3.27. The van der Waals surface area contributed by atoms with Crippen molar-refractivity contribution in [1.82, 2.24) is 10.3 Å². The van der Waals surface area contributed by atoms with E-state index < -0.39 is 0 Å². The molecule has 0 saturated heterocycles. The van der Waals surface area contributed by atoms with Crippen LogP contribution in [0.2, 0.25) is 0 Å². The second kappa shape index (κ2) is 7.06. The van der Waals surface area contributed by atoms with E-state index in [1.54, 1.807) is 6.20 Å². The van der Waals surface area contributed by atoms with Crippen LogP contribution in [-0.2, 0) is 0 Å². The van der Waals surface area contributed by atoms with Crippen LogP contribution in [0, 0.1) is 6.92 Å². The van der Waals surface area contributed by atoms with Gasteiger partial charge < -0.3 is 10.1 Å². The lowest BCUT2D eigenvalue weighted by Crippen LogP contribution is -2.20. The number of rotatable bonds is 6. The molecule has 1 unspecified atom stereocenters. The molecule has 0 aliphatic carbocycles. The lowest BCUT2D eigenvalue weighted by atomic mass is 10.1. The summed E-state index contributed by atoms with van der Waals surface area (Å²) in [4.78, 5) is 4.38. The fourth-order valence-corrected chi connectivity index (χ4v) is 2.06. The number of pyridine rings is 1. The number of hydrogen-bond acceptors (Lipinski definition) is 3. The third kappa shape index (κ3) is 3.58. The number of nitrogens with one attached hydrogen (secondary N) is 1. The average molecular weight is 270 g/mol. The molecule has 3 nitrogen and oxygen atoms in total. The molecule has 106 valence electrons. The van der Waals surface area contributed by atoms with E-state index in [0.29, 0.717) is 5.88 Å². The number of hydrogen-bond donors (Lipinski definition) is 1. The van der Waals surface area contributed by atoms with Crippen LogP contribution in [0.25, 0.3) is 0 Å². The zero-order valence-corrected chi connectivity index (χ0v) is 12.4. The topological polar surface area (TPSA) is 34.2 Å². The second-order valence-electron chi connectivity index (χ2n) is 4.94. The number of ether oxygens (including phenoxy) is 1. The van der Waals surface area contributed by atoms with Crippen LogP contribution in [-0.4, -0.2) is 11.5 Å². The summed E-state index contributed by atoms with van der Waals surface area (Å²) in [5, 5.41) is 3.47. The van der Waals surface area contributed by atoms with Crippen molar-refractivity contribution in [3.8, 4) is 11.6 Å². The molecule has 0 aliphatic rings. The van der Waals surface area contributed by atoms with Crippen molar-refractivity contribution in [2.24, 2.45) is 0 Å². The molecule has 1 heterocycles. The van der Waals surface area contributed by atoms with Crippen molar-refractivity contribution < 1.29 is 4.74 Å². The molecule has 2 rings (SSSR count). The van der Waals surface area contributed by atoms with E-state index in [9.17, 15) is 0 Å². The normalized spacial score (nSPS) is 12.2. The predicted molar refractivity (Wildman–Crippen MR) is 82.2 cm³/mol. The summed E-state index contributed by atoms with van der Waals surface area (Å²) in [5.41, 5.74) is 2.20. The number of benzene rings is 1. The Kier molecular flexibility index (Phi) is 5.13. The Balaban J connectivity index is 2.22. The Hall–Kier alpha value is -1.87. The SMILES string of the molecule is CCCNC(C)c1cccnc1Oc1ccccc1C. The van der Waals surface area contributed by atoms with Crippen LogP contribution in [0.4, 0.5) is 0 Å². The number of para-hydroxylation sites is 1. The molecule has 3 heteroatoms. The Bertz CT molecular complexity index is 554. The maximum Gasteiger partial charge on any atom is 0.223 e. The van der Waals surface area contributed by atoms with Gasteiger partial charge in [0.2, 0.25) is 5.88 Å². The van der Waals surface area contributed by atoms with Crippen LogP contribution in [0.3, 0.4) is 0 Å². The van der Waals surface area contributed by atoms with E-state index in [1.165, 1.54) is 0 Å². The molecule has 0 fully saturated rings. The van der Waals surface area contributed by atoms with E-state index in [2.05, 4.69) is 30.2 Å². The molecule has 1 aromatic carbocycles. The molecular formula is C17H22N2O. The van der Waals surface area contributed by atoms with Gasteiger partial charge >= 0.3 is 0 Å². The van der Waals surface area contributed by atoms with Crippen molar-refractivity contribution in [2.45, 2.75) is 33.2 Å². The zero-order chi connectivity index (χ0) is 14.4. The van der Waals surface area contributed by atoms with Crippen molar-refractivity contribution in [2.75, 3.05) is 6.54 Å². The quantitative estimate of drug-likeness (QED) is 0.852. The molecular weight excluding hydrogens is 248 g/mol. The van der Waals surface area contributed by atoms with E-state index in [4.69, 9.17) is 4.74 Å². The zero-order valence-electron chi connectivity index (χ0n) is 12.4. The highest BCUT2D eigenvalue weighted by atomic mass is 16.5. The summed E-state index contributed by atoms with van der Waals surface area (Å²) in [6.07, 6.45) is 2.88. The van der Waals surface area contributed by atoms with E-state index in [-0.39, 0.29) is 6.04 Å². The molecule has 0 amide bonds. The first kappa shape index (κ1) is 14.5. The lowest BCUT2D eigenvalue weighted by Gasteiger charge is -2.17. The molecule has 1 atom stereocenters. The first-order valence-corrected chi connectivity index (χ1v) is 7.14. The summed E-state index contributed by atoms with van der Waals surface area (Å²) in [7, 11) is 0. The van der Waals surface area contributed by atoms with Gasteiger partial charge in [-0.05, 0) is 44.5 Å². The van der Waals surface area contributed by atoms with Crippen molar-refractivity contribution >= 4 is 0 Å². The Morgan fingerprint density at radius 2 is 2.00 bits per heavy atom. The monoisotopic (exact) mass is 270 g/mol. The molecule has 0 bridgehead atoms.